The number of carbonyl (C=O) groups excluding carboxylic acids is 1. The predicted molar refractivity (Wildman–Crippen MR) is 157 cm³/mol. The van der Waals surface area contributed by atoms with Gasteiger partial charge in [-0.25, -0.2) is 5.43 Å². The number of pyridine rings is 2. The van der Waals surface area contributed by atoms with Crippen LogP contribution in [0.3, 0.4) is 0 Å². The van der Waals surface area contributed by atoms with Gasteiger partial charge in [-0.1, -0.05) is 16.8 Å². The molecule has 0 saturated carbocycles. The third-order valence-corrected chi connectivity index (χ3v) is 6.27. The van der Waals surface area contributed by atoms with Crippen LogP contribution in [0.2, 0.25) is 5.02 Å². The Balaban J connectivity index is 1.09. The highest BCUT2D eigenvalue weighted by molar-refractivity contribution is 6.31. The fourth-order valence-electron chi connectivity index (χ4n) is 4.02. The summed E-state index contributed by atoms with van der Waals surface area (Å²) in [4.78, 5) is 20.4. The Kier molecular flexibility index (Phi) is 8.97. The summed E-state index contributed by atoms with van der Waals surface area (Å²) in [6, 6.07) is 16.3. The number of benzene rings is 2. The molecule has 12 heteroatoms. The van der Waals surface area contributed by atoms with Gasteiger partial charge in [-0.3, -0.25) is 19.4 Å². The first kappa shape index (κ1) is 27.5. The van der Waals surface area contributed by atoms with Gasteiger partial charge < -0.3 is 14.8 Å². The second-order valence-electron chi connectivity index (χ2n) is 8.91. The van der Waals surface area contributed by atoms with Crippen LogP contribution in [-0.4, -0.2) is 50.7 Å². The van der Waals surface area contributed by atoms with E-state index >= 15 is 0 Å². The first-order valence-electron chi connectivity index (χ1n) is 12.8. The molecule has 41 heavy (non-hydrogen) atoms. The number of nitrogens with zero attached hydrogens (tertiary/aromatic N) is 6. The van der Waals surface area contributed by atoms with Gasteiger partial charge in [0.1, 0.15) is 12.3 Å². The van der Waals surface area contributed by atoms with Crippen LogP contribution < -0.4 is 20.2 Å². The van der Waals surface area contributed by atoms with Crippen molar-refractivity contribution in [3.05, 3.63) is 101 Å². The summed E-state index contributed by atoms with van der Waals surface area (Å²) >= 11 is 6.08. The number of fused-ring (bicyclic) bond motifs is 1. The molecule has 0 unspecified atom stereocenters. The summed E-state index contributed by atoms with van der Waals surface area (Å²) in [5, 5.41) is 17.6. The standard InChI is InChI=1S/C29H27ClN8O3/c1-40-28-14-20(16-34-36-29(39)21-4-2-10-31-17-21)5-8-27(28)41-19-23-18-38(37-35-23)13-3-11-32-25-9-12-33-26-15-22(30)6-7-24(25)26/h2,4-10,12,14-18H,3,11,13,19H2,1H3,(H,32,33)(H,36,39)/b34-16+. The first-order chi connectivity index (χ1) is 20.1. The zero-order valence-corrected chi connectivity index (χ0v) is 23.0. The molecular formula is C29H27ClN8O3. The van der Waals surface area contributed by atoms with Crippen molar-refractivity contribution in [2.45, 2.75) is 19.6 Å². The molecule has 11 nitrogen and oxygen atoms in total. The molecule has 0 atom stereocenters. The second kappa shape index (κ2) is 13.4. The molecule has 5 rings (SSSR count). The zero-order chi connectivity index (χ0) is 28.4. The van der Waals surface area contributed by atoms with E-state index in [0.29, 0.717) is 34.3 Å². The molecule has 3 aromatic heterocycles. The lowest BCUT2D eigenvalue weighted by molar-refractivity contribution is 0.0954. The predicted octanol–water partition coefficient (Wildman–Crippen LogP) is 4.73. The maximum atomic E-state index is 12.1. The molecule has 0 saturated heterocycles. The van der Waals surface area contributed by atoms with Crippen molar-refractivity contribution in [2.24, 2.45) is 5.10 Å². The van der Waals surface area contributed by atoms with Gasteiger partial charge in [0, 0.05) is 47.8 Å². The minimum atomic E-state index is -0.348. The minimum Gasteiger partial charge on any atom is -0.493 e. The van der Waals surface area contributed by atoms with E-state index in [2.05, 4.69) is 36.1 Å². The lowest BCUT2D eigenvalue weighted by Crippen LogP contribution is -2.17. The molecule has 2 aromatic carbocycles. The molecule has 1 amide bonds. The number of aromatic nitrogens is 5. The Morgan fingerprint density at radius 2 is 2.05 bits per heavy atom. The average Bonchev–Trinajstić information content (AvgIpc) is 3.46. The molecule has 208 valence electrons. The van der Waals surface area contributed by atoms with Crippen molar-refractivity contribution >= 4 is 40.3 Å². The SMILES string of the molecule is COc1cc(/C=N/NC(=O)c2cccnc2)ccc1OCc1cn(CCCNc2ccnc3cc(Cl)ccc23)nn1. The molecule has 0 aliphatic heterocycles. The highest BCUT2D eigenvalue weighted by atomic mass is 35.5. The van der Waals surface area contributed by atoms with E-state index in [9.17, 15) is 4.79 Å². The topological polar surface area (TPSA) is 128 Å². The summed E-state index contributed by atoms with van der Waals surface area (Å²) in [5.74, 6) is 0.726. The van der Waals surface area contributed by atoms with Crippen LogP contribution in [0.5, 0.6) is 11.5 Å². The number of aryl methyl sites for hydroxylation is 1. The van der Waals surface area contributed by atoms with E-state index in [0.717, 1.165) is 35.1 Å². The van der Waals surface area contributed by atoms with Crippen molar-refractivity contribution in [1.82, 2.24) is 30.4 Å². The number of hydrogen-bond donors (Lipinski definition) is 2. The van der Waals surface area contributed by atoms with E-state index < -0.39 is 0 Å². The smallest absolute Gasteiger partial charge is 0.272 e. The van der Waals surface area contributed by atoms with Crippen LogP contribution in [0, 0.1) is 0 Å². The summed E-state index contributed by atoms with van der Waals surface area (Å²) < 4.78 is 13.2. The van der Waals surface area contributed by atoms with E-state index in [1.807, 2.05) is 36.5 Å². The number of halogens is 1. The first-order valence-corrected chi connectivity index (χ1v) is 13.2. The average molecular weight is 571 g/mol. The van der Waals surface area contributed by atoms with Crippen LogP contribution in [0.15, 0.2) is 84.5 Å². The molecule has 0 aliphatic rings. The molecule has 0 aliphatic carbocycles. The van der Waals surface area contributed by atoms with Crippen LogP contribution in [0.4, 0.5) is 5.69 Å². The summed E-state index contributed by atoms with van der Waals surface area (Å²) in [6.45, 7) is 1.69. The molecule has 3 heterocycles. The monoisotopic (exact) mass is 570 g/mol. The van der Waals surface area contributed by atoms with Gasteiger partial charge in [-0.2, -0.15) is 5.10 Å². The van der Waals surface area contributed by atoms with Crippen LogP contribution in [0.25, 0.3) is 10.9 Å². The third kappa shape index (κ3) is 7.34. The molecule has 0 spiro atoms. The van der Waals surface area contributed by atoms with Crippen LogP contribution in [-0.2, 0) is 13.2 Å². The quantitative estimate of drug-likeness (QED) is 0.125. The number of hydrazone groups is 1. The fraction of sp³-hybridized carbons (Fsp3) is 0.172. The summed E-state index contributed by atoms with van der Waals surface area (Å²) in [6.07, 6.45) is 9.07. The number of nitrogens with one attached hydrogen (secondary N) is 2. The van der Waals surface area contributed by atoms with Crippen molar-refractivity contribution in [3.8, 4) is 11.5 Å². The maximum Gasteiger partial charge on any atom is 0.272 e. The summed E-state index contributed by atoms with van der Waals surface area (Å²) in [7, 11) is 1.56. The van der Waals surface area contributed by atoms with Gasteiger partial charge >= 0.3 is 0 Å². The number of ether oxygens (including phenoxy) is 2. The number of hydrogen-bond acceptors (Lipinski definition) is 9. The number of amides is 1. The Labute approximate surface area is 241 Å². The highest BCUT2D eigenvalue weighted by Gasteiger charge is 2.09. The Morgan fingerprint density at radius 3 is 2.90 bits per heavy atom. The number of rotatable bonds is 12. The van der Waals surface area contributed by atoms with Gasteiger partial charge in [-0.15, -0.1) is 5.10 Å². The fourth-order valence-corrected chi connectivity index (χ4v) is 4.18. The molecule has 0 fully saturated rings. The Bertz CT molecular complexity index is 1660. The number of methoxy groups -OCH3 is 1. The summed E-state index contributed by atoms with van der Waals surface area (Å²) in [5.41, 5.74) is 6.18. The van der Waals surface area contributed by atoms with Crippen LogP contribution in [0.1, 0.15) is 28.0 Å². The zero-order valence-electron chi connectivity index (χ0n) is 22.2. The van der Waals surface area contributed by atoms with Gasteiger partial charge in [0.05, 0.1) is 30.6 Å². The van der Waals surface area contributed by atoms with E-state index in [4.69, 9.17) is 21.1 Å². The number of anilines is 1. The number of carbonyl (C=O) groups is 1. The highest BCUT2D eigenvalue weighted by Crippen LogP contribution is 2.28. The lowest BCUT2D eigenvalue weighted by atomic mass is 10.2. The Hall–Kier alpha value is -5.03. The van der Waals surface area contributed by atoms with Crippen molar-refractivity contribution in [1.29, 1.82) is 0 Å². The van der Waals surface area contributed by atoms with Crippen molar-refractivity contribution in [3.63, 3.8) is 0 Å². The second-order valence-corrected chi connectivity index (χ2v) is 9.35. The van der Waals surface area contributed by atoms with Gasteiger partial charge in [0.2, 0.25) is 0 Å². The maximum absolute atomic E-state index is 12.1. The van der Waals surface area contributed by atoms with E-state index in [-0.39, 0.29) is 12.5 Å². The third-order valence-electron chi connectivity index (χ3n) is 6.04. The van der Waals surface area contributed by atoms with Gasteiger partial charge in [0.25, 0.3) is 5.91 Å². The van der Waals surface area contributed by atoms with E-state index in [1.54, 1.807) is 48.5 Å². The van der Waals surface area contributed by atoms with Gasteiger partial charge in [0.15, 0.2) is 11.5 Å². The van der Waals surface area contributed by atoms with Crippen molar-refractivity contribution in [2.75, 3.05) is 19.0 Å². The normalized spacial score (nSPS) is 11.1. The molecule has 2 N–H and O–H groups in total. The van der Waals surface area contributed by atoms with E-state index in [1.165, 1.54) is 12.4 Å². The molecule has 5 aromatic rings. The van der Waals surface area contributed by atoms with Gasteiger partial charge in [-0.05, 0) is 66.6 Å². The van der Waals surface area contributed by atoms with Crippen LogP contribution >= 0.6 is 11.6 Å². The lowest BCUT2D eigenvalue weighted by Gasteiger charge is -2.10. The Morgan fingerprint density at radius 1 is 1.12 bits per heavy atom. The minimum absolute atomic E-state index is 0.231. The van der Waals surface area contributed by atoms with Crippen molar-refractivity contribution < 1.29 is 14.3 Å². The largest absolute Gasteiger partial charge is 0.493 e. The molecule has 0 radical (unpaired) electrons. The molecule has 0 bridgehead atoms. The molecular weight excluding hydrogens is 544 g/mol.